The van der Waals surface area contributed by atoms with E-state index in [1.165, 1.54) is 0 Å². The first-order chi connectivity index (χ1) is 10.5. The molecule has 0 amide bonds. The van der Waals surface area contributed by atoms with Gasteiger partial charge in [0.2, 0.25) is 5.90 Å². The zero-order chi connectivity index (χ0) is 15.7. The molecule has 114 valence electrons. The summed E-state index contributed by atoms with van der Waals surface area (Å²) < 4.78 is 11.2. The van der Waals surface area contributed by atoms with E-state index >= 15 is 0 Å². The molecule has 0 bridgehead atoms. The largest absolute Gasteiger partial charge is 0.496 e. The molecule has 0 atom stereocenters. The first kappa shape index (κ1) is 14.6. The van der Waals surface area contributed by atoms with Crippen molar-refractivity contribution in [2.75, 3.05) is 13.7 Å². The molecule has 3 nitrogen and oxygen atoms in total. The Morgan fingerprint density at radius 3 is 2.41 bits per heavy atom. The van der Waals surface area contributed by atoms with Gasteiger partial charge in [0.25, 0.3) is 0 Å². The molecule has 0 spiro atoms. The van der Waals surface area contributed by atoms with Crippen LogP contribution < -0.4 is 4.74 Å². The van der Waals surface area contributed by atoms with Crippen molar-refractivity contribution in [3.63, 3.8) is 0 Å². The van der Waals surface area contributed by atoms with E-state index in [1.54, 1.807) is 7.11 Å². The van der Waals surface area contributed by atoms with Gasteiger partial charge in [-0.25, -0.2) is 4.99 Å². The van der Waals surface area contributed by atoms with E-state index in [9.17, 15) is 0 Å². The lowest BCUT2D eigenvalue weighted by Crippen LogP contribution is -2.17. The monoisotopic (exact) mass is 295 g/mol. The number of aryl methyl sites for hydroxylation is 1. The van der Waals surface area contributed by atoms with Crippen LogP contribution in [0, 0.1) is 6.92 Å². The average Bonchev–Trinajstić information content (AvgIpc) is 2.87. The van der Waals surface area contributed by atoms with Gasteiger partial charge in [0.05, 0.1) is 12.6 Å². The SMILES string of the molecule is COc1ccc(-c2ccccc2C2=NC(C)(C)CO2)cc1C. The second kappa shape index (κ2) is 5.48. The second-order valence-electron chi connectivity index (χ2n) is 6.25. The summed E-state index contributed by atoms with van der Waals surface area (Å²) in [4.78, 5) is 4.70. The minimum absolute atomic E-state index is 0.154. The molecule has 0 N–H and O–H groups in total. The molecule has 0 aromatic heterocycles. The van der Waals surface area contributed by atoms with Crippen molar-refractivity contribution in [3.05, 3.63) is 53.6 Å². The van der Waals surface area contributed by atoms with Crippen LogP contribution in [0.2, 0.25) is 0 Å². The minimum Gasteiger partial charge on any atom is -0.496 e. The van der Waals surface area contributed by atoms with Gasteiger partial charge in [-0.3, -0.25) is 0 Å². The molecule has 2 aromatic rings. The first-order valence-electron chi connectivity index (χ1n) is 7.47. The number of ether oxygens (including phenoxy) is 2. The van der Waals surface area contributed by atoms with Crippen LogP contribution in [0.5, 0.6) is 5.75 Å². The molecule has 2 aromatic carbocycles. The van der Waals surface area contributed by atoms with Crippen LogP contribution in [0.3, 0.4) is 0 Å². The summed E-state index contributed by atoms with van der Waals surface area (Å²) in [7, 11) is 1.69. The predicted octanol–water partition coefficient (Wildman–Crippen LogP) is 4.23. The molecule has 1 aliphatic rings. The Hall–Kier alpha value is -2.29. The van der Waals surface area contributed by atoms with Gasteiger partial charge in [0.15, 0.2) is 0 Å². The Bertz CT molecular complexity index is 732. The number of rotatable bonds is 3. The van der Waals surface area contributed by atoms with Crippen molar-refractivity contribution in [2.45, 2.75) is 26.3 Å². The lowest BCUT2D eigenvalue weighted by molar-refractivity contribution is 0.279. The molecule has 3 heteroatoms. The lowest BCUT2D eigenvalue weighted by Gasteiger charge is -2.11. The highest BCUT2D eigenvalue weighted by atomic mass is 16.5. The van der Waals surface area contributed by atoms with Crippen LogP contribution in [0.1, 0.15) is 25.0 Å². The Labute approximate surface area is 131 Å². The maximum atomic E-state index is 5.82. The fraction of sp³-hybridized carbons (Fsp3) is 0.316. The Balaban J connectivity index is 2.08. The van der Waals surface area contributed by atoms with Crippen molar-refractivity contribution >= 4 is 5.90 Å². The van der Waals surface area contributed by atoms with Crippen LogP contribution >= 0.6 is 0 Å². The van der Waals surface area contributed by atoms with Crippen molar-refractivity contribution < 1.29 is 9.47 Å². The summed E-state index contributed by atoms with van der Waals surface area (Å²) in [5, 5.41) is 0. The van der Waals surface area contributed by atoms with Crippen LogP contribution in [0.4, 0.5) is 0 Å². The maximum Gasteiger partial charge on any atom is 0.217 e. The van der Waals surface area contributed by atoms with Gasteiger partial charge in [-0.15, -0.1) is 0 Å². The van der Waals surface area contributed by atoms with E-state index in [2.05, 4.69) is 45.0 Å². The van der Waals surface area contributed by atoms with Gasteiger partial charge in [-0.1, -0.05) is 24.3 Å². The van der Waals surface area contributed by atoms with E-state index in [-0.39, 0.29) is 5.54 Å². The zero-order valence-electron chi connectivity index (χ0n) is 13.5. The second-order valence-corrected chi connectivity index (χ2v) is 6.25. The van der Waals surface area contributed by atoms with Crippen molar-refractivity contribution in [1.29, 1.82) is 0 Å². The van der Waals surface area contributed by atoms with Gasteiger partial charge in [-0.05, 0) is 55.7 Å². The van der Waals surface area contributed by atoms with E-state index < -0.39 is 0 Å². The fourth-order valence-electron chi connectivity index (χ4n) is 2.69. The molecule has 0 saturated carbocycles. The summed E-state index contributed by atoms with van der Waals surface area (Å²) in [6.07, 6.45) is 0. The number of aliphatic imine (C=N–C) groups is 1. The molecule has 0 unspecified atom stereocenters. The number of hydrogen-bond donors (Lipinski definition) is 0. The number of benzene rings is 2. The summed E-state index contributed by atoms with van der Waals surface area (Å²) in [6.45, 7) is 6.84. The summed E-state index contributed by atoms with van der Waals surface area (Å²) >= 11 is 0. The van der Waals surface area contributed by atoms with Gasteiger partial charge < -0.3 is 9.47 Å². The highest BCUT2D eigenvalue weighted by molar-refractivity contribution is 6.01. The van der Waals surface area contributed by atoms with Crippen LogP contribution in [-0.2, 0) is 4.74 Å². The number of methoxy groups -OCH3 is 1. The van der Waals surface area contributed by atoms with E-state index in [0.29, 0.717) is 6.61 Å². The topological polar surface area (TPSA) is 30.8 Å². The van der Waals surface area contributed by atoms with Crippen molar-refractivity contribution in [1.82, 2.24) is 0 Å². The van der Waals surface area contributed by atoms with E-state index in [4.69, 9.17) is 14.5 Å². The Kier molecular flexibility index (Phi) is 3.65. The van der Waals surface area contributed by atoms with E-state index in [1.807, 2.05) is 18.2 Å². The molecule has 1 aliphatic heterocycles. The zero-order valence-corrected chi connectivity index (χ0v) is 13.5. The third-order valence-electron chi connectivity index (χ3n) is 3.83. The molecule has 0 radical (unpaired) electrons. The average molecular weight is 295 g/mol. The van der Waals surface area contributed by atoms with E-state index in [0.717, 1.165) is 33.9 Å². The summed E-state index contributed by atoms with van der Waals surface area (Å²) in [5.74, 6) is 1.63. The van der Waals surface area contributed by atoms with Gasteiger partial charge in [0, 0.05) is 5.56 Å². The quantitative estimate of drug-likeness (QED) is 0.848. The molecule has 0 saturated heterocycles. The smallest absolute Gasteiger partial charge is 0.217 e. The van der Waals surface area contributed by atoms with Gasteiger partial charge >= 0.3 is 0 Å². The molecule has 0 fully saturated rings. The Morgan fingerprint density at radius 1 is 1.09 bits per heavy atom. The Morgan fingerprint density at radius 2 is 1.82 bits per heavy atom. The highest BCUT2D eigenvalue weighted by Crippen LogP contribution is 2.31. The normalized spacial score (nSPS) is 16.1. The predicted molar refractivity (Wildman–Crippen MR) is 89.7 cm³/mol. The lowest BCUT2D eigenvalue weighted by atomic mass is 9.98. The molecule has 3 rings (SSSR count). The molecule has 0 aliphatic carbocycles. The van der Waals surface area contributed by atoms with Crippen molar-refractivity contribution in [3.8, 4) is 16.9 Å². The van der Waals surface area contributed by atoms with Crippen LogP contribution in [-0.4, -0.2) is 25.2 Å². The third-order valence-corrected chi connectivity index (χ3v) is 3.83. The van der Waals surface area contributed by atoms with Crippen molar-refractivity contribution in [2.24, 2.45) is 4.99 Å². The fourth-order valence-corrected chi connectivity index (χ4v) is 2.69. The third kappa shape index (κ3) is 2.71. The first-order valence-corrected chi connectivity index (χ1v) is 7.47. The number of nitrogens with zero attached hydrogens (tertiary/aromatic N) is 1. The molecular weight excluding hydrogens is 274 g/mol. The molecular formula is C19H21NO2. The minimum atomic E-state index is -0.154. The highest BCUT2D eigenvalue weighted by Gasteiger charge is 2.28. The standard InChI is InChI=1S/C19H21NO2/c1-13-11-14(9-10-17(13)21-4)15-7-5-6-8-16(15)18-20-19(2,3)12-22-18/h5-11H,12H2,1-4H3. The molecule has 1 heterocycles. The number of hydrogen-bond acceptors (Lipinski definition) is 3. The van der Waals surface area contributed by atoms with Gasteiger partial charge in [-0.2, -0.15) is 0 Å². The summed E-state index contributed by atoms with van der Waals surface area (Å²) in [6, 6.07) is 14.4. The van der Waals surface area contributed by atoms with Gasteiger partial charge in [0.1, 0.15) is 12.4 Å². The summed E-state index contributed by atoms with van der Waals surface area (Å²) in [5.41, 5.74) is 4.27. The van der Waals surface area contributed by atoms with Crippen LogP contribution in [0.25, 0.3) is 11.1 Å². The maximum absolute atomic E-state index is 5.82. The molecule has 22 heavy (non-hydrogen) atoms. The van der Waals surface area contributed by atoms with Crippen LogP contribution in [0.15, 0.2) is 47.5 Å².